The summed E-state index contributed by atoms with van der Waals surface area (Å²) < 4.78 is 0.511. The van der Waals surface area contributed by atoms with Gasteiger partial charge in [-0.3, -0.25) is 0 Å². The Hall–Kier alpha value is -1.60. The molecular formula is C21H15Na. The first-order valence-corrected chi connectivity index (χ1v) is 8.95. The summed E-state index contributed by atoms with van der Waals surface area (Å²) in [5.41, 5.74) is 2.92. The average Bonchev–Trinajstić information content (AvgIpc) is 2.60. The number of rotatable bonds is 2. The fourth-order valence-corrected chi connectivity index (χ4v) is 4.43. The Morgan fingerprint density at radius 2 is 0.909 bits per heavy atom. The fourth-order valence-electron chi connectivity index (χ4n) is 3.42. The van der Waals surface area contributed by atoms with Crippen molar-refractivity contribution >= 4 is 49.5 Å². The van der Waals surface area contributed by atoms with Crippen molar-refractivity contribution < 1.29 is 0 Å². The third-order valence-electron chi connectivity index (χ3n) is 4.58. The third kappa shape index (κ3) is 2.38. The minimum absolute atomic E-state index is 0.511. The number of hydrogen-bond donors (Lipinski definition) is 0. The van der Waals surface area contributed by atoms with Gasteiger partial charge in [-0.1, -0.05) is 0 Å². The molecule has 0 fully saturated rings. The molecule has 0 aliphatic heterocycles. The van der Waals surface area contributed by atoms with Crippen molar-refractivity contribution in [3.8, 4) is 0 Å². The number of benzene rings is 4. The first-order chi connectivity index (χ1) is 10.8. The molecular weight excluding hydrogens is 275 g/mol. The number of fused-ring (bicyclic) bond motifs is 2. The summed E-state index contributed by atoms with van der Waals surface area (Å²) >= 11 is 1.10. The molecule has 1 heteroatoms. The Balaban J connectivity index is 1.94. The van der Waals surface area contributed by atoms with Crippen LogP contribution in [0, 0.1) is 0 Å². The fraction of sp³-hybridized carbons (Fsp3) is 0.0476. The van der Waals surface area contributed by atoms with Gasteiger partial charge in [0, 0.05) is 0 Å². The van der Waals surface area contributed by atoms with Crippen molar-refractivity contribution in [2.75, 3.05) is 0 Å². The third-order valence-corrected chi connectivity index (χ3v) is 5.82. The second-order valence-electron chi connectivity index (χ2n) is 5.86. The standard InChI is InChI=1S/C21H15.Na/c1-3-13-20-16(7-1)9-5-11-18(20)15-19-12-6-10-17-8-2-4-14-21(17)19;/h1-15H;. The van der Waals surface area contributed by atoms with Crippen LogP contribution < -0.4 is 0 Å². The molecule has 4 rings (SSSR count). The van der Waals surface area contributed by atoms with Gasteiger partial charge in [-0.05, 0) is 0 Å². The maximum absolute atomic E-state index is 2.29. The van der Waals surface area contributed by atoms with Crippen LogP contribution in [0.2, 0.25) is 0 Å². The quantitative estimate of drug-likeness (QED) is 0.442. The van der Waals surface area contributed by atoms with Crippen LogP contribution in [-0.2, 0) is 0 Å². The predicted molar refractivity (Wildman–Crippen MR) is 95.5 cm³/mol. The zero-order valence-corrected chi connectivity index (χ0v) is 14.7. The monoisotopic (exact) mass is 290 g/mol. The van der Waals surface area contributed by atoms with Gasteiger partial charge in [-0.15, -0.1) is 0 Å². The summed E-state index contributed by atoms with van der Waals surface area (Å²) in [7, 11) is 0. The first-order valence-electron chi connectivity index (χ1n) is 7.80. The van der Waals surface area contributed by atoms with E-state index in [-0.39, 0.29) is 0 Å². The van der Waals surface area contributed by atoms with Crippen LogP contribution in [0.5, 0.6) is 0 Å². The molecule has 0 aliphatic rings. The van der Waals surface area contributed by atoms with E-state index in [1.165, 1.54) is 32.7 Å². The first kappa shape index (κ1) is 14.0. The van der Waals surface area contributed by atoms with E-state index >= 15 is 0 Å². The molecule has 0 amide bonds. The molecule has 0 atom stereocenters. The second-order valence-corrected chi connectivity index (χ2v) is 7.01. The van der Waals surface area contributed by atoms with Gasteiger partial charge >= 0.3 is 149 Å². The SMILES string of the molecule is [Na][CH](c1cccc2ccccc12)c1cccc2ccccc12. The van der Waals surface area contributed by atoms with Gasteiger partial charge in [0.1, 0.15) is 0 Å². The Kier molecular flexibility index (Phi) is 3.75. The van der Waals surface area contributed by atoms with E-state index in [0.717, 1.165) is 27.9 Å². The molecule has 0 saturated heterocycles. The molecule has 0 heterocycles. The Bertz CT molecular complexity index is 866. The van der Waals surface area contributed by atoms with Crippen LogP contribution in [0.15, 0.2) is 84.9 Å². The minimum atomic E-state index is 0.511. The van der Waals surface area contributed by atoms with Crippen LogP contribution in [0.1, 0.15) is 14.3 Å². The van der Waals surface area contributed by atoms with Crippen LogP contribution in [0.3, 0.4) is 0 Å². The zero-order chi connectivity index (χ0) is 14.9. The summed E-state index contributed by atoms with van der Waals surface area (Å²) in [6.45, 7) is 0. The number of hydrogen-bond acceptors (Lipinski definition) is 0. The van der Waals surface area contributed by atoms with Crippen molar-refractivity contribution in [3.05, 3.63) is 96.1 Å². The zero-order valence-electron chi connectivity index (χ0n) is 12.7. The Morgan fingerprint density at radius 3 is 1.41 bits per heavy atom. The molecule has 0 bridgehead atoms. The summed E-state index contributed by atoms with van der Waals surface area (Å²) in [6, 6.07) is 30.8. The van der Waals surface area contributed by atoms with Crippen molar-refractivity contribution in [1.82, 2.24) is 0 Å². The van der Waals surface area contributed by atoms with Gasteiger partial charge in [0.2, 0.25) is 0 Å². The van der Waals surface area contributed by atoms with E-state index < -0.39 is 0 Å². The summed E-state index contributed by atoms with van der Waals surface area (Å²) in [4.78, 5) is 0. The van der Waals surface area contributed by atoms with Gasteiger partial charge in [0.25, 0.3) is 0 Å². The van der Waals surface area contributed by atoms with Crippen LogP contribution in [0.4, 0.5) is 0 Å². The summed E-state index contributed by atoms with van der Waals surface area (Å²) in [6.07, 6.45) is 0. The van der Waals surface area contributed by atoms with Crippen molar-refractivity contribution in [2.45, 2.75) is 3.17 Å². The second kappa shape index (κ2) is 5.89. The van der Waals surface area contributed by atoms with Gasteiger partial charge in [0.05, 0.1) is 0 Å². The molecule has 100 valence electrons. The molecule has 0 aromatic heterocycles. The van der Waals surface area contributed by atoms with Crippen molar-refractivity contribution in [2.24, 2.45) is 0 Å². The normalized spacial score (nSPS) is 11.4. The molecule has 0 unspecified atom stereocenters. The Morgan fingerprint density at radius 1 is 0.500 bits per heavy atom. The van der Waals surface area contributed by atoms with E-state index in [4.69, 9.17) is 0 Å². The summed E-state index contributed by atoms with van der Waals surface area (Å²) in [5, 5.41) is 5.44. The van der Waals surface area contributed by atoms with Gasteiger partial charge in [0.15, 0.2) is 0 Å². The van der Waals surface area contributed by atoms with E-state index in [0.29, 0.717) is 3.17 Å². The maximum atomic E-state index is 2.29. The van der Waals surface area contributed by atoms with E-state index in [9.17, 15) is 0 Å². The van der Waals surface area contributed by atoms with Crippen molar-refractivity contribution in [3.63, 3.8) is 0 Å². The predicted octanol–water partition coefficient (Wildman–Crippen LogP) is 5.25. The molecule has 0 radical (unpaired) electrons. The van der Waals surface area contributed by atoms with E-state index in [1.807, 2.05) is 0 Å². The van der Waals surface area contributed by atoms with Gasteiger partial charge < -0.3 is 0 Å². The topological polar surface area (TPSA) is 0 Å². The van der Waals surface area contributed by atoms with Crippen LogP contribution in [-0.4, -0.2) is 27.9 Å². The molecule has 22 heavy (non-hydrogen) atoms. The molecule has 4 aromatic rings. The molecule has 0 nitrogen and oxygen atoms in total. The van der Waals surface area contributed by atoms with E-state index in [2.05, 4.69) is 84.9 Å². The van der Waals surface area contributed by atoms with Crippen molar-refractivity contribution in [1.29, 1.82) is 0 Å². The van der Waals surface area contributed by atoms with Gasteiger partial charge in [-0.25, -0.2) is 0 Å². The summed E-state index contributed by atoms with van der Waals surface area (Å²) in [5.74, 6) is 0. The van der Waals surface area contributed by atoms with Gasteiger partial charge in [-0.2, -0.15) is 0 Å². The molecule has 0 N–H and O–H groups in total. The molecule has 0 saturated carbocycles. The van der Waals surface area contributed by atoms with Crippen LogP contribution in [0.25, 0.3) is 21.5 Å². The molecule has 0 aliphatic carbocycles. The van der Waals surface area contributed by atoms with Crippen LogP contribution >= 0.6 is 0 Å². The van der Waals surface area contributed by atoms with E-state index in [1.54, 1.807) is 0 Å². The Labute approximate surface area is 148 Å². The molecule has 0 spiro atoms. The molecule has 4 aromatic carbocycles. The average molecular weight is 290 g/mol.